The number of rotatable bonds is 15. The average Bonchev–Trinajstić information content (AvgIpc) is 2.50. The molecule has 22 heavy (non-hydrogen) atoms. The van der Waals surface area contributed by atoms with E-state index < -0.39 is 5.97 Å². The summed E-state index contributed by atoms with van der Waals surface area (Å²) >= 11 is 0. The molecule has 0 heterocycles. The molecule has 0 unspecified atom stereocenters. The molecule has 4 heteroatoms. The van der Waals surface area contributed by atoms with Gasteiger partial charge in [-0.15, -0.1) is 0 Å². The minimum atomic E-state index is -0.971. The molecule has 128 valence electrons. The summed E-state index contributed by atoms with van der Waals surface area (Å²) in [6.45, 7) is 2.19. The van der Waals surface area contributed by atoms with Crippen LogP contribution < -0.4 is 5.11 Å². The van der Waals surface area contributed by atoms with Crippen molar-refractivity contribution in [2.75, 3.05) is 0 Å². The fraction of sp³-hybridized carbons (Fsp3) is 0.722. The minimum Gasteiger partial charge on any atom is -0.550 e. The predicted molar refractivity (Wildman–Crippen MR) is 87.2 cm³/mol. The van der Waals surface area contributed by atoms with Crippen LogP contribution in [0, 0.1) is 0 Å². The molecule has 0 fully saturated rings. The van der Waals surface area contributed by atoms with Crippen LogP contribution >= 0.6 is 0 Å². The Hall–Kier alpha value is -1.13. The van der Waals surface area contributed by atoms with E-state index in [1.807, 2.05) is 18.2 Å². The number of carbonyl (C=O) groups excluding carboxylic acids is 1. The first-order valence-corrected chi connectivity index (χ1v) is 8.54. The molecule has 0 aliphatic carbocycles. The lowest BCUT2D eigenvalue weighted by atomic mass is 10.1. The van der Waals surface area contributed by atoms with E-state index in [-0.39, 0.29) is 12.5 Å². The van der Waals surface area contributed by atoms with Gasteiger partial charge in [-0.3, -0.25) is 5.26 Å². The second-order valence-corrected chi connectivity index (χ2v) is 5.63. The third-order valence-corrected chi connectivity index (χ3v) is 3.55. The van der Waals surface area contributed by atoms with Gasteiger partial charge in [-0.1, -0.05) is 69.8 Å². The fourth-order valence-corrected chi connectivity index (χ4v) is 2.20. The van der Waals surface area contributed by atoms with Crippen molar-refractivity contribution >= 4 is 5.97 Å². The summed E-state index contributed by atoms with van der Waals surface area (Å²) in [7, 11) is 0. The van der Waals surface area contributed by atoms with Gasteiger partial charge < -0.3 is 9.90 Å². The molecule has 1 N–H and O–H groups in total. The summed E-state index contributed by atoms with van der Waals surface area (Å²) in [6, 6.07) is 0. The molecule has 0 rings (SSSR count). The molecule has 4 nitrogen and oxygen atoms in total. The zero-order valence-electron chi connectivity index (χ0n) is 13.8. The largest absolute Gasteiger partial charge is 0.550 e. The Morgan fingerprint density at radius 2 is 1.82 bits per heavy atom. The molecule has 0 aromatic rings. The lowest BCUT2D eigenvalue weighted by Crippen LogP contribution is -2.21. The maximum absolute atomic E-state index is 10.2. The fourth-order valence-electron chi connectivity index (χ4n) is 2.20. The highest BCUT2D eigenvalue weighted by atomic mass is 17.1. The number of hydrogen-bond acceptors (Lipinski definition) is 4. The van der Waals surface area contributed by atoms with Crippen LogP contribution in [0.1, 0.15) is 77.6 Å². The highest BCUT2D eigenvalue weighted by Crippen LogP contribution is 2.11. The van der Waals surface area contributed by atoms with Crippen molar-refractivity contribution in [1.29, 1.82) is 0 Å². The number of allylic oxidation sites excluding steroid dienone is 3. The van der Waals surface area contributed by atoms with Crippen LogP contribution in [-0.2, 0) is 9.68 Å². The van der Waals surface area contributed by atoms with Gasteiger partial charge in [0.1, 0.15) is 6.10 Å². The van der Waals surface area contributed by atoms with Gasteiger partial charge in [0.2, 0.25) is 0 Å². The van der Waals surface area contributed by atoms with Crippen molar-refractivity contribution < 1.29 is 20.0 Å². The van der Waals surface area contributed by atoms with E-state index in [1.54, 1.807) is 0 Å². The van der Waals surface area contributed by atoms with Gasteiger partial charge in [0.25, 0.3) is 0 Å². The van der Waals surface area contributed by atoms with Crippen LogP contribution in [0.2, 0.25) is 0 Å². The Bertz CT molecular complexity index is 310. The number of aliphatic carboxylic acids is 1. The van der Waals surface area contributed by atoms with Crippen molar-refractivity contribution in [3.05, 3.63) is 24.3 Å². The predicted octanol–water partition coefficient (Wildman–Crippen LogP) is 4.02. The summed E-state index contributed by atoms with van der Waals surface area (Å²) in [5.41, 5.74) is 0. The van der Waals surface area contributed by atoms with Crippen molar-refractivity contribution in [1.82, 2.24) is 0 Å². The first kappa shape index (κ1) is 20.9. The normalized spacial score (nSPS) is 13.2. The van der Waals surface area contributed by atoms with Crippen LogP contribution in [0.25, 0.3) is 0 Å². The molecule has 0 saturated carbocycles. The summed E-state index contributed by atoms with van der Waals surface area (Å²) in [5, 5.41) is 19.1. The van der Waals surface area contributed by atoms with Crippen LogP contribution in [-0.4, -0.2) is 17.3 Å². The Morgan fingerprint density at radius 1 is 1.09 bits per heavy atom. The molecule has 1 atom stereocenters. The monoisotopic (exact) mass is 311 g/mol. The second kappa shape index (κ2) is 16.2. The molecule has 0 spiro atoms. The van der Waals surface area contributed by atoms with E-state index in [9.17, 15) is 9.90 Å². The lowest BCUT2D eigenvalue weighted by molar-refractivity contribution is -0.305. The number of hydrogen-bond donors (Lipinski definition) is 1. The van der Waals surface area contributed by atoms with Crippen LogP contribution in [0.5, 0.6) is 0 Å². The maximum atomic E-state index is 10.2. The van der Waals surface area contributed by atoms with Crippen LogP contribution in [0.4, 0.5) is 0 Å². The van der Waals surface area contributed by atoms with E-state index in [0.29, 0.717) is 6.42 Å². The van der Waals surface area contributed by atoms with Crippen molar-refractivity contribution in [3.8, 4) is 0 Å². The van der Waals surface area contributed by atoms with Crippen molar-refractivity contribution in [2.45, 2.75) is 83.7 Å². The molecule has 0 saturated heterocycles. The summed E-state index contributed by atoms with van der Waals surface area (Å²) in [4.78, 5) is 14.7. The van der Waals surface area contributed by atoms with Crippen LogP contribution in [0.15, 0.2) is 24.3 Å². The third-order valence-electron chi connectivity index (χ3n) is 3.55. The average molecular weight is 311 g/mol. The zero-order chi connectivity index (χ0) is 16.5. The molecular weight excluding hydrogens is 280 g/mol. The third kappa shape index (κ3) is 15.3. The summed E-state index contributed by atoms with van der Waals surface area (Å²) in [5.74, 6) is -0.971. The molecule has 0 aromatic carbocycles. The first-order chi connectivity index (χ1) is 10.7. The Kier molecular flexibility index (Phi) is 15.4. The highest BCUT2D eigenvalue weighted by molar-refractivity contribution is 5.63. The zero-order valence-corrected chi connectivity index (χ0v) is 13.8. The highest BCUT2D eigenvalue weighted by Gasteiger charge is 2.03. The topological polar surface area (TPSA) is 69.6 Å². The van der Waals surface area contributed by atoms with Gasteiger partial charge in [-0.25, -0.2) is 4.89 Å². The lowest BCUT2D eigenvalue weighted by Gasteiger charge is -2.08. The second-order valence-electron chi connectivity index (χ2n) is 5.63. The van der Waals surface area contributed by atoms with Crippen LogP contribution in [0.3, 0.4) is 0 Å². The van der Waals surface area contributed by atoms with E-state index in [2.05, 4.69) is 17.9 Å². The van der Waals surface area contributed by atoms with Gasteiger partial charge in [-0.2, -0.15) is 0 Å². The minimum absolute atomic E-state index is 0.149. The number of carboxylic acid groups (broad SMARTS) is 1. The molecule has 0 amide bonds. The Morgan fingerprint density at radius 3 is 2.50 bits per heavy atom. The number of carbonyl (C=O) groups is 1. The van der Waals surface area contributed by atoms with Gasteiger partial charge in [0, 0.05) is 5.97 Å². The summed E-state index contributed by atoms with van der Waals surface area (Å²) < 4.78 is 0. The molecule has 0 aliphatic heterocycles. The van der Waals surface area contributed by atoms with Crippen molar-refractivity contribution in [3.63, 3.8) is 0 Å². The van der Waals surface area contributed by atoms with Crippen molar-refractivity contribution in [2.24, 2.45) is 0 Å². The quantitative estimate of drug-likeness (QED) is 0.215. The SMILES string of the molecule is CCCCC/C=C\C=C\[C@@H](CCCCCCCC(=O)[O-])OO. The molecular formula is C18H31O4-. The molecule has 0 bridgehead atoms. The smallest absolute Gasteiger partial charge is 0.111 e. The van der Waals surface area contributed by atoms with Gasteiger partial charge in [0.15, 0.2) is 0 Å². The van der Waals surface area contributed by atoms with E-state index in [1.165, 1.54) is 19.3 Å². The summed E-state index contributed by atoms with van der Waals surface area (Å²) in [6.07, 6.45) is 18.0. The first-order valence-electron chi connectivity index (χ1n) is 8.54. The Balaban J connectivity index is 3.59. The number of unbranched alkanes of at least 4 members (excludes halogenated alkanes) is 7. The van der Waals surface area contributed by atoms with E-state index >= 15 is 0 Å². The molecule has 0 radical (unpaired) electrons. The standard InChI is InChI=1S/C18H32O4/c1-2-3-4-5-6-8-11-14-17(22-21)15-12-9-7-10-13-16-18(19)20/h6,8,11,14,17,21H,2-5,7,9-10,12-13,15-16H2,1H3,(H,19,20)/p-1/b8-6-,14-11+/t17-/m0/s1. The maximum Gasteiger partial charge on any atom is 0.111 e. The molecule has 0 aromatic heterocycles. The van der Waals surface area contributed by atoms with Gasteiger partial charge >= 0.3 is 0 Å². The van der Waals surface area contributed by atoms with Gasteiger partial charge in [0.05, 0.1) is 0 Å². The Labute approximate surface area is 134 Å². The number of carboxylic acids is 1. The van der Waals surface area contributed by atoms with E-state index in [4.69, 9.17) is 5.26 Å². The van der Waals surface area contributed by atoms with Gasteiger partial charge in [-0.05, 0) is 32.1 Å². The van der Waals surface area contributed by atoms with E-state index in [0.717, 1.165) is 38.5 Å². The molecule has 0 aliphatic rings.